The van der Waals surface area contributed by atoms with Gasteiger partial charge in [0.25, 0.3) is 0 Å². The van der Waals surface area contributed by atoms with E-state index in [-0.39, 0.29) is 34.6 Å². The van der Waals surface area contributed by atoms with Gasteiger partial charge < -0.3 is 10.2 Å². The van der Waals surface area contributed by atoms with Crippen molar-refractivity contribution >= 4 is 33.2 Å². The van der Waals surface area contributed by atoms with E-state index in [0.717, 1.165) is 35.3 Å². The lowest BCUT2D eigenvalue weighted by atomic mass is 9.97. The van der Waals surface area contributed by atoms with Crippen molar-refractivity contribution in [3.8, 4) is 0 Å². The highest BCUT2D eigenvalue weighted by Crippen LogP contribution is 2.40. The van der Waals surface area contributed by atoms with Gasteiger partial charge in [0.2, 0.25) is 21.8 Å². The zero-order valence-corrected chi connectivity index (χ0v) is 20.5. The van der Waals surface area contributed by atoms with E-state index in [2.05, 4.69) is 5.32 Å². The molecule has 8 heteroatoms. The number of nitrogens with one attached hydrogen (secondary N) is 1. The van der Waals surface area contributed by atoms with Gasteiger partial charge in [-0.2, -0.15) is 4.31 Å². The van der Waals surface area contributed by atoms with Gasteiger partial charge in [-0.3, -0.25) is 9.59 Å². The van der Waals surface area contributed by atoms with Crippen LogP contribution >= 0.6 is 0 Å². The Labute approximate surface area is 201 Å². The monoisotopic (exact) mass is 481 g/mol. The summed E-state index contributed by atoms with van der Waals surface area (Å²) in [5.74, 6) is 0.0117. The molecule has 2 fully saturated rings. The van der Waals surface area contributed by atoms with E-state index in [4.69, 9.17) is 0 Å². The standard InChI is InChI=1S/C26H31N3O4S/c1-17-3-7-22(8-4-17)27-25(30)19-11-13-28(14-12-19)34(32,33)23-9-10-24-21(16-23)15-18(2)29(24)26(31)20-5-6-20/h3-4,7-10,16,18-20H,5-6,11-15H2,1-2H3,(H,27,30)/t18-/m1/s1. The highest BCUT2D eigenvalue weighted by molar-refractivity contribution is 7.89. The number of anilines is 2. The van der Waals surface area contributed by atoms with Crippen molar-refractivity contribution < 1.29 is 18.0 Å². The van der Waals surface area contributed by atoms with Crippen molar-refractivity contribution in [2.45, 2.75) is 56.9 Å². The SMILES string of the molecule is Cc1ccc(NC(=O)C2CCN(S(=O)(=O)c3ccc4c(c3)C[C@@H](C)N4C(=O)C3CC3)CC2)cc1. The van der Waals surface area contributed by atoms with Crippen LogP contribution in [0.15, 0.2) is 47.4 Å². The normalized spacial score (nSPS) is 21.4. The van der Waals surface area contributed by atoms with E-state index >= 15 is 0 Å². The Morgan fingerprint density at radius 3 is 2.26 bits per heavy atom. The number of benzene rings is 2. The van der Waals surface area contributed by atoms with Crippen LogP contribution in [0.3, 0.4) is 0 Å². The Hall–Kier alpha value is -2.71. The summed E-state index contributed by atoms with van der Waals surface area (Å²) in [7, 11) is -3.66. The van der Waals surface area contributed by atoms with Crippen LogP contribution < -0.4 is 10.2 Å². The molecule has 1 saturated carbocycles. The van der Waals surface area contributed by atoms with Crippen LogP contribution in [0.5, 0.6) is 0 Å². The summed E-state index contributed by atoms with van der Waals surface area (Å²) in [6, 6.07) is 12.8. The number of hydrogen-bond acceptors (Lipinski definition) is 4. The number of amides is 2. The summed E-state index contributed by atoms with van der Waals surface area (Å²) in [6.45, 7) is 4.64. The molecule has 2 aliphatic heterocycles. The Bertz CT molecular complexity index is 1210. The first kappa shape index (κ1) is 23.1. The first-order valence-electron chi connectivity index (χ1n) is 12.1. The van der Waals surface area contributed by atoms with E-state index in [1.807, 2.05) is 43.0 Å². The van der Waals surface area contributed by atoms with Crippen molar-refractivity contribution in [3.63, 3.8) is 0 Å². The molecule has 0 spiro atoms. The van der Waals surface area contributed by atoms with Crippen molar-refractivity contribution in [1.82, 2.24) is 4.31 Å². The van der Waals surface area contributed by atoms with Gasteiger partial charge in [0, 0.05) is 42.3 Å². The summed E-state index contributed by atoms with van der Waals surface area (Å²) in [4.78, 5) is 27.5. The molecule has 1 N–H and O–H groups in total. The number of rotatable bonds is 5. The second kappa shape index (κ2) is 8.82. The lowest BCUT2D eigenvalue weighted by Gasteiger charge is -2.30. The molecule has 1 atom stereocenters. The zero-order valence-electron chi connectivity index (χ0n) is 19.7. The predicted octanol–water partition coefficient (Wildman–Crippen LogP) is 3.72. The Kier molecular flexibility index (Phi) is 5.98. The van der Waals surface area contributed by atoms with Crippen LogP contribution in [-0.2, 0) is 26.0 Å². The number of carbonyl (C=O) groups is 2. The molecule has 0 unspecified atom stereocenters. The number of hydrogen-bond donors (Lipinski definition) is 1. The smallest absolute Gasteiger partial charge is 0.243 e. The van der Waals surface area contributed by atoms with Gasteiger partial charge in [0.15, 0.2) is 0 Å². The predicted molar refractivity (Wildman–Crippen MR) is 131 cm³/mol. The Morgan fingerprint density at radius 1 is 0.941 bits per heavy atom. The fourth-order valence-corrected chi connectivity index (χ4v) is 6.54. The number of carbonyl (C=O) groups excluding carboxylic acids is 2. The second-order valence-corrected chi connectivity index (χ2v) is 11.8. The molecule has 2 aromatic carbocycles. The number of aryl methyl sites for hydroxylation is 1. The third-order valence-electron chi connectivity index (χ3n) is 7.21. The van der Waals surface area contributed by atoms with Crippen molar-refractivity contribution in [2.75, 3.05) is 23.3 Å². The average Bonchev–Trinajstić information content (AvgIpc) is 3.62. The summed E-state index contributed by atoms with van der Waals surface area (Å²) >= 11 is 0. The summed E-state index contributed by atoms with van der Waals surface area (Å²) in [6.07, 6.45) is 3.54. The molecular weight excluding hydrogens is 450 g/mol. The summed E-state index contributed by atoms with van der Waals surface area (Å²) in [5, 5.41) is 2.94. The maximum Gasteiger partial charge on any atom is 0.243 e. The minimum Gasteiger partial charge on any atom is -0.326 e. The van der Waals surface area contributed by atoms with Crippen LogP contribution in [0.4, 0.5) is 11.4 Å². The van der Waals surface area contributed by atoms with Crippen LogP contribution in [0, 0.1) is 18.8 Å². The molecule has 2 aromatic rings. The molecule has 2 amide bonds. The first-order valence-corrected chi connectivity index (χ1v) is 13.5. The zero-order chi connectivity index (χ0) is 24.0. The number of nitrogens with zero attached hydrogens (tertiary/aromatic N) is 2. The van der Waals surface area contributed by atoms with Crippen LogP contribution in [0.1, 0.15) is 43.7 Å². The van der Waals surface area contributed by atoms with Crippen molar-refractivity contribution in [1.29, 1.82) is 0 Å². The number of piperidine rings is 1. The first-order chi connectivity index (χ1) is 16.2. The molecule has 0 radical (unpaired) electrons. The molecule has 0 bridgehead atoms. The average molecular weight is 482 g/mol. The molecule has 5 rings (SSSR count). The molecular formula is C26H31N3O4S. The third-order valence-corrected chi connectivity index (χ3v) is 9.11. The molecule has 180 valence electrons. The molecule has 3 aliphatic rings. The van der Waals surface area contributed by atoms with Crippen LogP contribution in [0.25, 0.3) is 0 Å². The van der Waals surface area contributed by atoms with E-state index in [1.165, 1.54) is 4.31 Å². The van der Waals surface area contributed by atoms with E-state index < -0.39 is 10.0 Å². The molecule has 34 heavy (non-hydrogen) atoms. The molecule has 0 aromatic heterocycles. The van der Waals surface area contributed by atoms with Gasteiger partial charge in [-0.1, -0.05) is 17.7 Å². The van der Waals surface area contributed by atoms with E-state index in [9.17, 15) is 18.0 Å². The maximum absolute atomic E-state index is 13.3. The van der Waals surface area contributed by atoms with Gasteiger partial charge >= 0.3 is 0 Å². The fraction of sp³-hybridized carbons (Fsp3) is 0.462. The van der Waals surface area contributed by atoms with E-state index in [1.54, 1.807) is 18.2 Å². The third kappa shape index (κ3) is 4.36. The quantitative estimate of drug-likeness (QED) is 0.705. The van der Waals surface area contributed by atoms with Gasteiger partial charge in [0.1, 0.15) is 0 Å². The minimum absolute atomic E-state index is 0.0452. The minimum atomic E-state index is -3.66. The van der Waals surface area contributed by atoms with E-state index in [0.29, 0.717) is 32.4 Å². The molecule has 7 nitrogen and oxygen atoms in total. The fourth-order valence-electron chi connectivity index (χ4n) is 5.02. The van der Waals surface area contributed by atoms with Gasteiger partial charge in [0.05, 0.1) is 4.90 Å². The highest BCUT2D eigenvalue weighted by Gasteiger charge is 2.40. The lowest BCUT2D eigenvalue weighted by Crippen LogP contribution is -2.41. The van der Waals surface area contributed by atoms with Crippen LogP contribution in [0.2, 0.25) is 0 Å². The van der Waals surface area contributed by atoms with Crippen LogP contribution in [-0.4, -0.2) is 43.7 Å². The molecule has 1 aliphatic carbocycles. The van der Waals surface area contributed by atoms with Gasteiger partial charge in [-0.15, -0.1) is 0 Å². The lowest BCUT2D eigenvalue weighted by molar-refractivity contribution is -0.121. The van der Waals surface area contributed by atoms with Crippen molar-refractivity contribution in [2.24, 2.45) is 11.8 Å². The second-order valence-electron chi connectivity index (χ2n) is 9.86. The maximum atomic E-state index is 13.3. The number of sulfonamides is 1. The Morgan fingerprint density at radius 2 is 1.62 bits per heavy atom. The number of fused-ring (bicyclic) bond motifs is 1. The highest BCUT2D eigenvalue weighted by atomic mass is 32.2. The largest absolute Gasteiger partial charge is 0.326 e. The summed E-state index contributed by atoms with van der Waals surface area (Å²) < 4.78 is 28.2. The summed E-state index contributed by atoms with van der Waals surface area (Å²) in [5.41, 5.74) is 3.64. The molecule has 2 heterocycles. The van der Waals surface area contributed by atoms with Crippen molar-refractivity contribution in [3.05, 3.63) is 53.6 Å². The Balaban J connectivity index is 1.24. The van der Waals surface area contributed by atoms with Gasteiger partial charge in [-0.05, 0) is 81.8 Å². The molecule has 1 saturated heterocycles. The topological polar surface area (TPSA) is 86.8 Å². The van der Waals surface area contributed by atoms with Gasteiger partial charge in [-0.25, -0.2) is 8.42 Å².